The lowest BCUT2D eigenvalue weighted by molar-refractivity contribution is -0.125. The van der Waals surface area contributed by atoms with Gasteiger partial charge < -0.3 is 19.6 Å². The van der Waals surface area contributed by atoms with Crippen molar-refractivity contribution in [3.8, 4) is 11.3 Å². The molecule has 11 nitrogen and oxygen atoms in total. The van der Waals surface area contributed by atoms with Crippen molar-refractivity contribution in [1.82, 2.24) is 35.0 Å². The summed E-state index contributed by atoms with van der Waals surface area (Å²) in [6.07, 6.45) is 2.16. The van der Waals surface area contributed by atoms with Crippen molar-refractivity contribution >= 4 is 40.9 Å². The molecule has 0 fully saturated rings. The molecule has 0 bridgehead atoms. The highest BCUT2D eigenvalue weighted by Gasteiger charge is 2.43. The van der Waals surface area contributed by atoms with E-state index in [0.717, 1.165) is 22.5 Å². The first-order valence-corrected chi connectivity index (χ1v) is 15.0. The van der Waals surface area contributed by atoms with E-state index in [1.165, 1.54) is 4.68 Å². The van der Waals surface area contributed by atoms with Crippen molar-refractivity contribution in [3.63, 3.8) is 0 Å². The van der Waals surface area contributed by atoms with E-state index in [1.807, 2.05) is 39.8 Å². The Morgan fingerprint density at radius 2 is 1.91 bits per heavy atom. The van der Waals surface area contributed by atoms with Crippen LogP contribution in [0.2, 0.25) is 10.0 Å². The number of rotatable bonds is 5. The molecule has 1 aromatic carbocycles. The zero-order valence-corrected chi connectivity index (χ0v) is 26.4. The molecule has 1 N–H and O–H groups in total. The molecule has 0 aliphatic carbocycles. The number of halogens is 2. The third-order valence-electron chi connectivity index (χ3n) is 8.57. The lowest BCUT2D eigenvalue weighted by Gasteiger charge is -2.38. The SMILES string of the molecule is CNC(=O)[C@@H]1CN(C(C)c2ccc(-c3c(C)noc3C)nc2)C(=O)c2c3c(nn21)C[C@@H](C)N(C(=O)c1ccc(Cl)c(Cl)c1)C3. The minimum absolute atomic E-state index is 0.125. The number of likely N-dealkylation sites (N-methyl/N-ethyl adjacent to an activating group) is 1. The maximum absolute atomic E-state index is 14.2. The van der Waals surface area contributed by atoms with E-state index in [-0.39, 0.29) is 41.9 Å². The van der Waals surface area contributed by atoms with Gasteiger partial charge in [-0.2, -0.15) is 5.10 Å². The fraction of sp³-hybridized carbons (Fsp3) is 0.355. The highest BCUT2D eigenvalue weighted by molar-refractivity contribution is 6.42. The number of benzene rings is 1. The first kappa shape index (κ1) is 29.8. The quantitative estimate of drug-likeness (QED) is 0.329. The number of nitrogens with zero attached hydrogens (tertiary/aromatic N) is 6. The van der Waals surface area contributed by atoms with Crippen LogP contribution in [0.1, 0.15) is 75.1 Å². The van der Waals surface area contributed by atoms with E-state index in [9.17, 15) is 14.4 Å². The van der Waals surface area contributed by atoms with Crippen LogP contribution in [0.15, 0.2) is 41.1 Å². The average molecular weight is 637 g/mol. The molecule has 6 rings (SSSR count). The van der Waals surface area contributed by atoms with Crippen molar-refractivity contribution in [1.29, 1.82) is 0 Å². The zero-order chi connectivity index (χ0) is 31.4. The molecule has 2 aliphatic heterocycles. The Bertz CT molecular complexity index is 1780. The first-order valence-electron chi connectivity index (χ1n) is 14.3. The lowest BCUT2D eigenvalue weighted by atomic mass is 9.96. The molecule has 3 aromatic heterocycles. The molecule has 44 heavy (non-hydrogen) atoms. The molecule has 2 aliphatic rings. The highest BCUT2D eigenvalue weighted by atomic mass is 35.5. The third-order valence-corrected chi connectivity index (χ3v) is 9.31. The van der Waals surface area contributed by atoms with Crippen LogP contribution in [0.4, 0.5) is 0 Å². The summed E-state index contributed by atoms with van der Waals surface area (Å²) >= 11 is 12.3. The Morgan fingerprint density at radius 3 is 2.55 bits per heavy atom. The molecule has 3 amide bonds. The Hall–Kier alpha value is -4.22. The van der Waals surface area contributed by atoms with Gasteiger partial charge in [-0.05, 0) is 57.5 Å². The van der Waals surface area contributed by atoms with E-state index in [2.05, 4.69) is 15.5 Å². The van der Waals surface area contributed by atoms with Gasteiger partial charge in [0.15, 0.2) is 0 Å². The van der Waals surface area contributed by atoms with Gasteiger partial charge in [-0.1, -0.05) is 34.4 Å². The van der Waals surface area contributed by atoms with Gasteiger partial charge in [0.2, 0.25) is 5.91 Å². The number of nitrogens with one attached hydrogen (secondary N) is 1. The zero-order valence-electron chi connectivity index (χ0n) is 24.9. The Kier molecular flexibility index (Phi) is 7.71. The summed E-state index contributed by atoms with van der Waals surface area (Å²) in [5.41, 5.74) is 5.15. The number of amides is 3. The molecular weight excluding hydrogens is 605 g/mol. The van der Waals surface area contributed by atoms with Gasteiger partial charge in [-0.25, -0.2) is 4.68 Å². The minimum atomic E-state index is -0.746. The van der Waals surface area contributed by atoms with Crippen LogP contribution >= 0.6 is 23.2 Å². The molecule has 13 heteroatoms. The summed E-state index contributed by atoms with van der Waals surface area (Å²) in [5, 5.41) is 12.1. The number of fused-ring (bicyclic) bond motifs is 3. The monoisotopic (exact) mass is 635 g/mol. The summed E-state index contributed by atoms with van der Waals surface area (Å²) < 4.78 is 6.83. The smallest absolute Gasteiger partial charge is 0.273 e. The van der Waals surface area contributed by atoms with Gasteiger partial charge in [0.25, 0.3) is 11.8 Å². The second kappa shape index (κ2) is 11.4. The molecule has 1 unspecified atom stereocenters. The van der Waals surface area contributed by atoms with E-state index >= 15 is 0 Å². The number of carbonyl (C=O) groups is 3. The summed E-state index contributed by atoms with van der Waals surface area (Å²) in [7, 11) is 1.56. The van der Waals surface area contributed by atoms with Gasteiger partial charge in [0.05, 0.1) is 51.8 Å². The average Bonchev–Trinajstić information content (AvgIpc) is 3.55. The maximum atomic E-state index is 14.2. The molecule has 3 atom stereocenters. The summed E-state index contributed by atoms with van der Waals surface area (Å²) in [4.78, 5) is 49.0. The van der Waals surface area contributed by atoms with E-state index in [0.29, 0.717) is 39.7 Å². The molecule has 5 heterocycles. The Morgan fingerprint density at radius 1 is 1.14 bits per heavy atom. The van der Waals surface area contributed by atoms with Crippen LogP contribution in [0.3, 0.4) is 0 Å². The van der Waals surface area contributed by atoms with Gasteiger partial charge in [-0.3, -0.25) is 19.4 Å². The predicted octanol–water partition coefficient (Wildman–Crippen LogP) is 4.95. The highest BCUT2D eigenvalue weighted by Crippen LogP contribution is 2.36. The van der Waals surface area contributed by atoms with Gasteiger partial charge >= 0.3 is 0 Å². The van der Waals surface area contributed by atoms with Crippen molar-refractivity contribution in [3.05, 3.63) is 86.1 Å². The number of hydrogen-bond acceptors (Lipinski definition) is 7. The molecule has 0 spiro atoms. The second-order valence-corrected chi connectivity index (χ2v) is 12.1. The number of aromatic nitrogens is 4. The number of hydrogen-bond donors (Lipinski definition) is 1. The molecular formula is C31H31Cl2N7O4. The van der Waals surface area contributed by atoms with E-state index in [1.54, 1.807) is 41.2 Å². The number of aryl methyl sites for hydroxylation is 2. The van der Waals surface area contributed by atoms with Gasteiger partial charge in [-0.15, -0.1) is 0 Å². The largest absolute Gasteiger partial charge is 0.361 e. The Balaban J connectivity index is 1.34. The predicted molar refractivity (Wildman–Crippen MR) is 163 cm³/mol. The van der Waals surface area contributed by atoms with Crippen LogP contribution in [-0.2, 0) is 17.8 Å². The summed E-state index contributed by atoms with van der Waals surface area (Å²) in [5.74, 6) is -0.0888. The van der Waals surface area contributed by atoms with Crippen molar-refractivity contribution < 1.29 is 18.9 Å². The minimum Gasteiger partial charge on any atom is -0.361 e. The van der Waals surface area contributed by atoms with E-state index in [4.69, 9.17) is 32.8 Å². The third kappa shape index (κ3) is 4.93. The molecule has 0 radical (unpaired) electrons. The Labute approximate surface area is 264 Å². The van der Waals surface area contributed by atoms with Crippen molar-refractivity contribution in [2.75, 3.05) is 13.6 Å². The van der Waals surface area contributed by atoms with Crippen LogP contribution in [-0.4, -0.2) is 67.1 Å². The maximum Gasteiger partial charge on any atom is 0.273 e. The van der Waals surface area contributed by atoms with Crippen LogP contribution < -0.4 is 5.32 Å². The van der Waals surface area contributed by atoms with Crippen LogP contribution in [0.25, 0.3) is 11.3 Å². The number of carbonyl (C=O) groups excluding carboxylic acids is 3. The summed E-state index contributed by atoms with van der Waals surface area (Å²) in [6, 6.07) is 7.21. The van der Waals surface area contributed by atoms with Crippen molar-refractivity contribution in [2.45, 2.75) is 58.8 Å². The second-order valence-electron chi connectivity index (χ2n) is 11.3. The first-order chi connectivity index (χ1) is 21.0. The molecule has 0 saturated heterocycles. The normalized spacial score (nSPS) is 18.6. The van der Waals surface area contributed by atoms with E-state index < -0.39 is 12.1 Å². The fourth-order valence-corrected chi connectivity index (χ4v) is 6.39. The topological polar surface area (TPSA) is 126 Å². The van der Waals surface area contributed by atoms with Gasteiger partial charge in [0, 0.05) is 36.8 Å². The van der Waals surface area contributed by atoms with Gasteiger partial charge in [0.1, 0.15) is 17.5 Å². The molecule has 228 valence electrons. The standard InChI is InChI=1S/C31H31Cl2N7O4/c1-15-10-25-21(13-38(15)30(42)19-6-8-22(32)23(33)11-19)28-31(43)39(14-26(29(41)34-5)40(28)36-25)17(3)20-7-9-24(35-12-20)27-16(2)37-44-18(27)4/h6-9,11-12,15,17,26H,10,13-14H2,1-5H3,(H,34,41)/t15-,17?,26+/m1/s1. The van der Waals surface area contributed by atoms with Crippen LogP contribution in [0, 0.1) is 13.8 Å². The van der Waals surface area contributed by atoms with Crippen LogP contribution in [0.5, 0.6) is 0 Å². The molecule has 4 aromatic rings. The molecule has 0 saturated carbocycles. The van der Waals surface area contributed by atoms with Crippen molar-refractivity contribution in [2.24, 2.45) is 0 Å². The number of pyridine rings is 1. The lowest BCUT2D eigenvalue weighted by Crippen LogP contribution is -2.49. The summed E-state index contributed by atoms with van der Waals surface area (Å²) in [6.45, 7) is 7.82. The fourth-order valence-electron chi connectivity index (χ4n) is 6.09.